The van der Waals surface area contributed by atoms with Crippen LogP contribution < -0.4 is 16.4 Å². The van der Waals surface area contributed by atoms with Crippen molar-refractivity contribution in [3.8, 4) is 17.1 Å². The highest BCUT2D eigenvalue weighted by Crippen LogP contribution is 2.40. The summed E-state index contributed by atoms with van der Waals surface area (Å²) in [5.41, 5.74) is 16.4. The van der Waals surface area contributed by atoms with Crippen molar-refractivity contribution in [2.75, 3.05) is 183 Å². The molecule has 131 heavy (non-hydrogen) atoms. The second kappa shape index (κ2) is 55.2. The van der Waals surface area contributed by atoms with E-state index in [9.17, 15) is 39.0 Å². The molecular weight excluding hydrogens is 1690 g/mol. The third kappa shape index (κ3) is 31.7. The van der Waals surface area contributed by atoms with E-state index in [1.807, 2.05) is 108 Å². The molecule has 36 heteroatoms. The number of benzene rings is 1. The molecule has 4 aliphatic heterocycles. The monoisotopic (exact) mass is 1840 g/mol. The molecule has 0 radical (unpaired) electrons. The number of oxazole rings is 1. The molecule has 2 amide bonds. The summed E-state index contributed by atoms with van der Waals surface area (Å²) in [5, 5.41) is 29.2. The Bertz CT molecular complexity index is 4480. The summed E-state index contributed by atoms with van der Waals surface area (Å²) in [6, 6.07) is 6.26. The Morgan fingerprint density at radius 3 is 1.95 bits per heavy atom. The number of ether oxygens (including phenoxy) is 15. The fraction of sp³-hybridized carbons (Fsp3) is 0.684. The standard InChI is InChI=1S/C62H101NO17.C33H43N11O7/c1-13-75-30-31-77-33-32-76-29-19-23-55(64)78-50-27-25-47(37-54(50)73-11)36-43(5)53-39-52(72-10)42(4)35-45(7)57(66)58(74-12)56(65)44(6)34-40(2)20-15-14-16-21-41(3)51(71-9)38-48-26-24-46(8)62(70,80-48)59(67)60(68)63-28-18-17-22-49(63)61(69)79-53;1-2-46-11-12-48-15-16-50-18-17-49-14-13-47-10-5-28(45)43-8-6-42(7-9-43)26-20-27(37-21-36-26)44-32-29(31(34)38-22-39-32)30(41-44)23-3-4-25-24(19-23)40-33(35)51-25/h14-16,20-21,35,40,42-44,46-54,57-58,66,70H,13,17-19,22-34,36-39H2,1-12H3;3-4,19-22H,2,5-18H2,1H3,(H2,35,40)(H2,34,38,39)/b16-14+,20-15+,41-21+,45-35+;/t40-,42-,43-,44-,46-,47+,48+,49+,50-,51+,52-,53+,54-,57-,58+,62-;/m1./s1. The van der Waals surface area contributed by atoms with Crippen LogP contribution >= 0.6 is 0 Å². The molecule has 5 aliphatic rings. The number of amides is 2. The Balaban J connectivity index is 0.000000324. The van der Waals surface area contributed by atoms with Gasteiger partial charge in [0.2, 0.25) is 11.7 Å². The van der Waals surface area contributed by atoms with E-state index in [2.05, 4.69) is 29.8 Å². The van der Waals surface area contributed by atoms with Crippen molar-refractivity contribution in [1.29, 1.82) is 0 Å². The number of ketones is 2. The summed E-state index contributed by atoms with van der Waals surface area (Å²) in [6.07, 6.45) is 15.9. The van der Waals surface area contributed by atoms with Gasteiger partial charge in [0.15, 0.2) is 22.8 Å². The first-order valence-electron chi connectivity index (χ1n) is 46.6. The fourth-order valence-electron chi connectivity index (χ4n) is 17.4. The van der Waals surface area contributed by atoms with Crippen molar-refractivity contribution in [1.82, 2.24) is 44.5 Å². The van der Waals surface area contributed by atoms with Crippen LogP contribution in [0.4, 0.5) is 17.7 Å². The number of hydrogen-bond acceptors (Lipinski definition) is 33. The van der Waals surface area contributed by atoms with Gasteiger partial charge >= 0.3 is 11.9 Å². The third-order valence-electron chi connectivity index (χ3n) is 24.9. The molecule has 36 nitrogen and oxygen atoms in total. The number of rotatable bonds is 38. The van der Waals surface area contributed by atoms with Crippen LogP contribution in [0.25, 0.3) is 39.2 Å². The molecule has 0 unspecified atom stereocenters. The molecule has 3 saturated heterocycles. The van der Waals surface area contributed by atoms with Crippen molar-refractivity contribution < 1.29 is 114 Å². The van der Waals surface area contributed by atoms with E-state index in [1.165, 1.54) is 24.7 Å². The number of nitrogen functional groups attached to an aromatic ring is 2. The van der Waals surface area contributed by atoms with Gasteiger partial charge in [-0.3, -0.25) is 24.0 Å². The SMILES string of the molecule is CCOCCOCCOCCCC(=O)O[C@@H]1CC[C@@H](C[C@@H](C)[C@@H]2C[C@@H](OC)[C@H](C)/C=C(\C)[C@@H](O)[C@@H](OC)C(=O)[C@H](C)C[C@H](C)/C=C/C=C/C=C(\C)[C@@H](OC)C[C@@H]3CC[C@@H](C)[C@@](O)(O3)C(=O)C(=O)N3CCCC[C@H]3C(=O)O2)C[C@H]1OC.CCOCCOCCOCCOCCOCCC(=O)N1CCN(c2cc(-n3nc(-c4ccc5oc(N)nc5c4)c4c(N)ncnc43)ncn2)CC1. The first-order valence-corrected chi connectivity index (χ1v) is 46.6. The van der Waals surface area contributed by atoms with Crippen LogP contribution in [0.15, 0.2) is 88.9 Å². The summed E-state index contributed by atoms with van der Waals surface area (Å²) in [5.74, 6) is -5.81. The van der Waals surface area contributed by atoms with Crippen LogP contribution in [-0.4, -0.2) is 318 Å². The Hall–Kier alpha value is -8.70. The topological polar surface area (TPSA) is 438 Å². The Kier molecular flexibility index (Phi) is 44.7. The highest BCUT2D eigenvalue weighted by Gasteiger charge is 2.53. The molecule has 2 bridgehead atoms. The molecule has 728 valence electrons. The number of fused-ring (bicyclic) bond motifs is 5. The van der Waals surface area contributed by atoms with E-state index in [0.29, 0.717) is 248 Å². The number of piperidine rings is 1. The predicted octanol–water partition coefficient (Wildman–Crippen LogP) is 9.75. The number of aromatic nitrogens is 7. The summed E-state index contributed by atoms with van der Waals surface area (Å²) in [4.78, 5) is 111. The number of piperazine rings is 1. The largest absolute Gasteiger partial charge is 0.460 e. The molecule has 10 rings (SSSR count). The van der Waals surface area contributed by atoms with Crippen LogP contribution in [0.3, 0.4) is 0 Å². The minimum absolute atomic E-state index is 0.0283. The van der Waals surface area contributed by atoms with Gasteiger partial charge in [0.1, 0.15) is 66.0 Å². The summed E-state index contributed by atoms with van der Waals surface area (Å²) in [7, 11) is 6.20. The van der Waals surface area contributed by atoms with Crippen molar-refractivity contribution in [2.45, 2.75) is 219 Å². The van der Waals surface area contributed by atoms with Crippen molar-refractivity contribution >= 4 is 75.1 Å². The second-order valence-corrected chi connectivity index (χ2v) is 34.4. The van der Waals surface area contributed by atoms with Crippen LogP contribution in [0.2, 0.25) is 0 Å². The first kappa shape index (κ1) is 106. The summed E-state index contributed by atoms with van der Waals surface area (Å²) < 4.78 is 93.0. The second-order valence-electron chi connectivity index (χ2n) is 34.4. The average Bonchev–Trinajstić information content (AvgIpc) is 1.62. The van der Waals surface area contributed by atoms with E-state index < -0.39 is 84.1 Å². The highest BCUT2D eigenvalue weighted by molar-refractivity contribution is 6.39. The quantitative estimate of drug-likeness (QED) is 0.0123. The molecule has 5 aromatic rings. The van der Waals surface area contributed by atoms with Crippen molar-refractivity contribution in [3.05, 3.63) is 84.5 Å². The van der Waals surface area contributed by atoms with Crippen LogP contribution in [0, 0.1) is 35.5 Å². The van der Waals surface area contributed by atoms with Gasteiger partial charge in [0, 0.05) is 130 Å². The number of methoxy groups -OCH3 is 4. The lowest BCUT2D eigenvalue weighted by Gasteiger charge is -2.43. The number of esters is 2. The highest BCUT2D eigenvalue weighted by atomic mass is 16.6. The molecule has 0 spiro atoms. The normalized spacial score (nSPS) is 27.2. The molecule has 4 fully saturated rings. The molecular formula is C95H144N12O24. The Labute approximate surface area is 770 Å². The van der Waals surface area contributed by atoms with Crippen molar-refractivity contribution in [3.63, 3.8) is 0 Å². The zero-order valence-electron chi connectivity index (χ0n) is 79.0. The van der Waals surface area contributed by atoms with Crippen LogP contribution in [0.5, 0.6) is 0 Å². The molecule has 1 saturated carbocycles. The Morgan fingerprint density at radius 1 is 0.649 bits per heavy atom. The van der Waals surface area contributed by atoms with Gasteiger partial charge in [-0.15, -0.1) is 0 Å². The average molecular weight is 1840 g/mol. The van der Waals surface area contributed by atoms with Crippen molar-refractivity contribution in [2.24, 2.45) is 35.5 Å². The smallest absolute Gasteiger partial charge is 0.329 e. The molecule has 6 N–H and O–H groups in total. The van der Waals surface area contributed by atoms with Gasteiger partial charge in [0.05, 0.1) is 122 Å². The van der Waals surface area contributed by atoms with E-state index in [4.69, 9.17) is 92.0 Å². The zero-order valence-corrected chi connectivity index (χ0v) is 79.0. The number of aliphatic hydroxyl groups excluding tert-OH is 1. The number of Topliss-reactive ketones (excluding diaryl/α,β-unsaturated/α-hetero) is 2. The molecule has 8 heterocycles. The molecule has 4 aromatic heterocycles. The first-order chi connectivity index (χ1) is 63.2. The number of cyclic esters (lactones) is 1. The van der Waals surface area contributed by atoms with Gasteiger partial charge in [-0.1, -0.05) is 71.1 Å². The third-order valence-corrected chi connectivity index (χ3v) is 24.9. The molecule has 1 aliphatic carbocycles. The number of carbonyl (C=O) groups excluding carboxylic acids is 6. The number of allylic oxidation sites excluding steroid dienone is 5. The van der Waals surface area contributed by atoms with Gasteiger partial charge in [-0.05, 0) is 145 Å². The van der Waals surface area contributed by atoms with Gasteiger partial charge < -0.3 is 112 Å². The maximum absolute atomic E-state index is 14.8. The lowest BCUT2D eigenvalue weighted by atomic mass is 9.78. The maximum atomic E-state index is 14.8. The van der Waals surface area contributed by atoms with Crippen LogP contribution in [-0.2, 0) is 99.8 Å². The van der Waals surface area contributed by atoms with Gasteiger partial charge in [0.25, 0.3) is 17.7 Å². The van der Waals surface area contributed by atoms with Gasteiger partial charge in [-0.2, -0.15) is 14.8 Å². The van der Waals surface area contributed by atoms with E-state index in [-0.39, 0.29) is 85.1 Å². The van der Waals surface area contributed by atoms with E-state index >= 15 is 0 Å². The predicted molar refractivity (Wildman–Crippen MR) is 489 cm³/mol. The minimum Gasteiger partial charge on any atom is -0.460 e. The lowest BCUT2D eigenvalue weighted by Crippen LogP contribution is -2.61. The zero-order chi connectivity index (χ0) is 94.4. The summed E-state index contributed by atoms with van der Waals surface area (Å²) >= 11 is 0. The number of hydrogen-bond donors (Lipinski definition) is 4. The van der Waals surface area contributed by atoms with Crippen LogP contribution in [0.1, 0.15) is 159 Å². The number of aliphatic hydroxyl groups is 2. The Morgan fingerprint density at radius 2 is 1.30 bits per heavy atom. The van der Waals surface area contributed by atoms with E-state index in [0.717, 1.165) is 17.6 Å². The number of anilines is 3. The lowest BCUT2D eigenvalue weighted by molar-refractivity contribution is -0.265. The molecule has 16 atom stereocenters. The van der Waals surface area contributed by atoms with E-state index in [1.54, 1.807) is 45.9 Å². The number of nitrogens with two attached hydrogens (primary N) is 2. The number of nitrogens with zero attached hydrogens (tertiary/aromatic N) is 10. The maximum Gasteiger partial charge on any atom is 0.329 e. The molecule has 1 aromatic carbocycles. The fourth-order valence-corrected chi connectivity index (χ4v) is 17.4. The number of carbonyl (C=O) groups is 6. The van der Waals surface area contributed by atoms with Gasteiger partial charge in [-0.25, -0.2) is 24.7 Å². The summed E-state index contributed by atoms with van der Waals surface area (Å²) in [6.45, 7) is 27.5. The minimum atomic E-state index is -2.43.